The van der Waals surface area contributed by atoms with Gasteiger partial charge in [0.15, 0.2) is 0 Å². The van der Waals surface area contributed by atoms with E-state index in [-0.39, 0.29) is 6.61 Å². The van der Waals surface area contributed by atoms with Gasteiger partial charge in [-0.25, -0.2) is 0 Å². The van der Waals surface area contributed by atoms with Crippen LogP contribution >= 0.6 is 0 Å². The van der Waals surface area contributed by atoms with E-state index in [1.807, 2.05) is 6.07 Å². The van der Waals surface area contributed by atoms with Crippen LogP contribution in [0, 0.1) is 23.2 Å². The molecule has 0 aliphatic heterocycles. The molecule has 13 heavy (non-hydrogen) atoms. The molecule has 0 bridgehead atoms. The quantitative estimate of drug-likeness (QED) is 0.634. The number of nitrogens with zero attached hydrogens (tertiary/aromatic N) is 2. The first-order chi connectivity index (χ1) is 6.36. The highest BCUT2D eigenvalue weighted by molar-refractivity contribution is 5.38. The van der Waals surface area contributed by atoms with Crippen molar-refractivity contribution in [3.8, 4) is 17.9 Å². The van der Waals surface area contributed by atoms with E-state index in [1.54, 1.807) is 12.3 Å². The molecule has 0 amide bonds. The number of pyridine rings is 1. The molecule has 0 aliphatic rings. The summed E-state index contributed by atoms with van der Waals surface area (Å²) < 4.78 is 0. The van der Waals surface area contributed by atoms with Crippen molar-refractivity contribution in [1.82, 2.24) is 4.98 Å². The number of aliphatic hydroxyl groups is 1. The third-order valence-corrected chi connectivity index (χ3v) is 1.34. The van der Waals surface area contributed by atoms with Crippen LogP contribution in [0.2, 0.25) is 0 Å². The molecule has 1 aromatic rings. The lowest BCUT2D eigenvalue weighted by atomic mass is 10.2. The average Bonchev–Trinajstić information content (AvgIpc) is 2.19. The van der Waals surface area contributed by atoms with Crippen molar-refractivity contribution in [2.75, 3.05) is 6.61 Å². The first kappa shape index (κ1) is 9.25. The molecule has 3 heteroatoms. The maximum atomic E-state index is 8.56. The van der Waals surface area contributed by atoms with Gasteiger partial charge in [0, 0.05) is 24.4 Å². The number of hydrogen-bond acceptors (Lipinski definition) is 3. The predicted octanol–water partition coefficient (Wildman–Crippen LogP) is 0.687. The molecule has 0 saturated carbocycles. The second-order valence-electron chi connectivity index (χ2n) is 2.35. The molecule has 3 nitrogen and oxygen atoms in total. The topological polar surface area (TPSA) is 56.9 Å². The largest absolute Gasteiger partial charge is 0.395 e. The van der Waals surface area contributed by atoms with E-state index in [2.05, 4.69) is 16.8 Å². The molecule has 0 aromatic carbocycles. The van der Waals surface area contributed by atoms with Gasteiger partial charge >= 0.3 is 0 Å². The molecule has 0 fully saturated rings. The highest BCUT2D eigenvalue weighted by atomic mass is 16.2. The summed E-state index contributed by atoms with van der Waals surface area (Å²) in [6.07, 6.45) is 3.51. The van der Waals surface area contributed by atoms with Gasteiger partial charge in [0.25, 0.3) is 0 Å². The fourth-order valence-electron chi connectivity index (χ4n) is 0.790. The van der Waals surface area contributed by atoms with Crippen LogP contribution in [-0.2, 0) is 0 Å². The first-order valence-electron chi connectivity index (χ1n) is 3.81. The number of aliphatic hydroxyl groups excluding tert-OH is 1. The third kappa shape index (κ3) is 2.94. The zero-order valence-electron chi connectivity index (χ0n) is 6.99. The van der Waals surface area contributed by atoms with Gasteiger partial charge < -0.3 is 5.11 Å². The van der Waals surface area contributed by atoms with Crippen LogP contribution in [0.25, 0.3) is 0 Å². The van der Waals surface area contributed by atoms with Gasteiger partial charge in [-0.3, -0.25) is 4.98 Å². The summed E-state index contributed by atoms with van der Waals surface area (Å²) in [7, 11) is 0. The second-order valence-corrected chi connectivity index (χ2v) is 2.35. The monoisotopic (exact) mass is 172 g/mol. The molecule has 64 valence electrons. The highest BCUT2D eigenvalue weighted by Gasteiger charge is 1.90. The number of nitriles is 1. The van der Waals surface area contributed by atoms with Gasteiger partial charge in [-0.1, -0.05) is 11.8 Å². The van der Waals surface area contributed by atoms with Crippen molar-refractivity contribution in [3.63, 3.8) is 0 Å². The van der Waals surface area contributed by atoms with Gasteiger partial charge in [-0.15, -0.1) is 0 Å². The lowest BCUT2D eigenvalue weighted by Crippen LogP contribution is -1.82. The number of aromatic nitrogens is 1. The van der Waals surface area contributed by atoms with E-state index in [9.17, 15) is 0 Å². The van der Waals surface area contributed by atoms with Crippen LogP contribution in [0.5, 0.6) is 0 Å². The van der Waals surface area contributed by atoms with Crippen molar-refractivity contribution in [2.45, 2.75) is 6.42 Å². The minimum atomic E-state index is 0.0539. The molecule has 0 atom stereocenters. The summed E-state index contributed by atoms with van der Waals surface area (Å²) in [6.45, 7) is 0.0539. The molecule has 0 radical (unpaired) electrons. The maximum absolute atomic E-state index is 8.56. The molecule has 1 aromatic heterocycles. The molecule has 0 spiro atoms. The Hall–Kier alpha value is -1.84. The van der Waals surface area contributed by atoms with E-state index in [0.29, 0.717) is 17.5 Å². The van der Waals surface area contributed by atoms with Crippen LogP contribution in [0.1, 0.15) is 17.5 Å². The van der Waals surface area contributed by atoms with E-state index in [4.69, 9.17) is 10.4 Å². The van der Waals surface area contributed by atoms with Gasteiger partial charge in [0.1, 0.15) is 6.07 Å². The van der Waals surface area contributed by atoms with Crippen molar-refractivity contribution >= 4 is 0 Å². The molecule has 0 aliphatic carbocycles. The van der Waals surface area contributed by atoms with Crippen LogP contribution in [0.4, 0.5) is 0 Å². The minimum absolute atomic E-state index is 0.0539. The molecular weight excluding hydrogens is 164 g/mol. The fraction of sp³-hybridized carbons (Fsp3) is 0.200. The average molecular weight is 172 g/mol. The predicted molar refractivity (Wildman–Crippen MR) is 47.5 cm³/mol. The summed E-state index contributed by atoms with van der Waals surface area (Å²) in [5, 5.41) is 17.0. The molecule has 0 unspecified atom stereocenters. The van der Waals surface area contributed by atoms with E-state index >= 15 is 0 Å². The Morgan fingerprint density at radius 3 is 2.85 bits per heavy atom. The van der Waals surface area contributed by atoms with E-state index in [0.717, 1.165) is 0 Å². The molecular formula is C10H8N2O. The van der Waals surface area contributed by atoms with Gasteiger partial charge in [-0.2, -0.15) is 5.26 Å². The maximum Gasteiger partial charge on any atom is 0.101 e. The van der Waals surface area contributed by atoms with Crippen molar-refractivity contribution in [2.24, 2.45) is 0 Å². The number of rotatable bonds is 1. The first-order valence-corrected chi connectivity index (χ1v) is 3.81. The zero-order chi connectivity index (χ0) is 9.52. The SMILES string of the molecule is N#Cc1cncc(C#CCCO)c1. The lowest BCUT2D eigenvalue weighted by Gasteiger charge is -1.89. The fourth-order valence-corrected chi connectivity index (χ4v) is 0.790. The highest BCUT2D eigenvalue weighted by Crippen LogP contribution is 1.98. The Morgan fingerprint density at radius 1 is 1.38 bits per heavy atom. The summed E-state index contributed by atoms with van der Waals surface area (Å²) in [6, 6.07) is 3.64. The Balaban J connectivity index is 2.81. The van der Waals surface area contributed by atoms with Crippen LogP contribution < -0.4 is 0 Å². The standard InChI is InChI=1S/C10H8N2O/c11-6-10-5-9(7-12-8-10)3-1-2-4-13/h5,7-8,13H,2,4H2. The van der Waals surface area contributed by atoms with Crippen molar-refractivity contribution in [1.29, 1.82) is 5.26 Å². The van der Waals surface area contributed by atoms with Crippen molar-refractivity contribution in [3.05, 3.63) is 29.6 Å². The summed E-state index contributed by atoms with van der Waals surface area (Å²) in [5.74, 6) is 5.55. The Morgan fingerprint density at radius 2 is 2.15 bits per heavy atom. The van der Waals surface area contributed by atoms with Gasteiger partial charge in [0.2, 0.25) is 0 Å². The summed E-state index contributed by atoms with van der Waals surface area (Å²) in [4.78, 5) is 3.85. The Labute approximate surface area is 76.7 Å². The third-order valence-electron chi connectivity index (χ3n) is 1.34. The number of hydrogen-bond donors (Lipinski definition) is 1. The molecule has 1 heterocycles. The minimum Gasteiger partial charge on any atom is -0.395 e. The smallest absolute Gasteiger partial charge is 0.101 e. The van der Waals surface area contributed by atoms with E-state index < -0.39 is 0 Å². The normalized spacial score (nSPS) is 8.31. The Kier molecular flexibility index (Phi) is 3.50. The van der Waals surface area contributed by atoms with Crippen LogP contribution in [-0.4, -0.2) is 16.7 Å². The zero-order valence-corrected chi connectivity index (χ0v) is 6.99. The van der Waals surface area contributed by atoms with Crippen LogP contribution in [0.3, 0.4) is 0 Å². The van der Waals surface area contributed by atoms with E-state index in [1.165, 1.54) is 6.20 Å². The van der Waals surface area contributed by atoms with Gasteiger partial charge in [-0.05, 0) is 6.07 Å². The van der Waals surface area contributed by atoms with Crippen LogP contribution in [0.15, 0.2) is 18.5 Å². The Bertz CT molecular complexity index is 382. The van der Waals surface area contributed by atoms with Crippen molar-refractivity contribution < 1.29 is 5.11 Å². The second kappa shape index (κ2) is 4.92. The summed E-state index contributed by atoms with van der Waals surface area (Å²) in [5.41, 5.74) is 1.20. The molecule has 0 saturated heterocycles. The molecule has 1 rings (SSSR count). The van der Waals surface area contributed by atoms with Gasteiger partial charge in [0.05, 0.1) is 12.2 Å². The lowest BCUT2D eigenvalue weighted by molar-refractivity contribution is 0.305. The summed E-state index contributed by atoms with van der Waals surface area (Å²) >= 11 is 0. The molecule has 1 N–H and O–H groups in total.